The molecule has 2 aromatic heterocycles. The minimum atomic E-state index is -0.0649. The van der Waals surface area contributed by atoms with Crippen molar-refractivity contribution in [3.8, 4) is 0 Å². The van der Waals surface area contributed by atoms with Gasteiger partial charge in [0.1, 0.15) is 5.69 Å². The maximum atomic E-state index is 12.7. The molecule has 1 atom stereocenters. The van der Waals surface area contributed by atoms with Crippen LogP contribution >= 0.6 is 0 Å². The van der Waals surface area contributed by atoms with Gasteiger partial charge in [-0.15, -0.1) is 0 Å². The van der Waals surface area contributed by atoms with Gasteiger partial charge in [-0.1, -0.05) is 18.2 Å². The fourth-order valence-corrected chi connectivity index (χ4v) is 4.25. The Morgan fingerprint density at radius 2 is 2.03 bits per heavy atom. The Morgan fingerprint density at radius 1 is 1.17 bits per heavy atom. The molecular weight excluding hydrogens is 366 g/mol. The first-order chi connectivity index (χ1) is 14.3. The molecular formula is C22H25N5O2. The topological polar surface area (TPSA) is 83.1 Å². The van der Waals surface area contributed by atoms with Gasteiger partial charge in [-0.3, -0.25) is 4.79 Å². The summed E-state index contributed by atoms with van der Waals surface area (Å²) in [5.74, 6) is 1.15. The largest absolute Gasteiger partial charge is 0.381 e. The molecule has 2 N–H and O–H groups in total. The van der Waals surface area contributed by atoms with Crippen LogP contribution in [0.2, 0.25) is 0 Å². The molecule has 1 aromatic carbocycles. The third kappa shape index (κ3) is 3.82. The van der Waals surface area contributed by atoms with E-state index in [4.69, 9.17) is 9.72 Å². The van der Waals surface area contributed by atoms with E-state index in [1.165, 1.54) is 0 Å². The standard InChI is InChI=1S/C22H25N5O2/c28-21(20-13-16-3-1-2-4-18(16)25-20)24-17-6-10-27(14-17)22-23-9-5-19(26-22)15-7-11-29-12-8-15/h1-5,9,13,15,17,25H,6-8,10-12,14H2,(H,24,28). The average molecular weight is 391 g/mol. The van der Waals surface area contributed by atoms with Crippen LogP contribution in [-0.4, -0.2) is 53.2 Å². The van der Waals surface area contributed by atoms with Crippen molar-refractivity contribution in [1.82, 2.24) is 20.3 Å². The molecule has 0 spiro atoms. The van der Waals surface area contributed by atoms with Crippen molar-refractivity contribution in [1.29, 1.82) is 0 Å². The van der Waals surface area contributed by atoms with Crippen LogP contribution in [0.5, 0.6) is 0 Å². The Labute approximate surface area is 169 Å². The Morgan fingerprint density at radius 3 is 2.90 bits per heavy atom. The summed E-state index contributed by atoms with van der Waals surface area (Å²) in [7, 11) is 0. The molecule has 1 unspecified atom stereocenters. The minimum Gasteiger partial charge on any atom is -0.381 e. The van der Waals surface area contributed by atoms with Gasteiger partial charge in [-0.25, -0.2) is 9.97 Å². The lowest BCUT2D eigenvalue weighted by atomic mass is 9.96. The molecule has 29 heavy (non-hydrogen) atoms. The summed E-state index contributed by atoms with van der Waals surface area (Å²) >= 11 is 0. The predicted molar refractivity (Wildman–Crippen MR) is 111 cm³/mol. The predicted octanol–water partition coefficient (Wildman–Crippen LogP) is 2.86. The number of rotatable bonds is 4. The van der Waals surface area contributed by atoms with Crippen molar-refractivity contribution in [2.75, 3.05) is 31.2 Å². The fourth-order valence-electron chi connectivity index (χ4n) is 4.25. The zero-order chi connectivity index (χ0) is 19.6. The monoisotopic (exact) mass is 391 g/mol. The molecule has 2 saturated heterocycles. The number of anilines is 1. The highest BCUT2D eigenvalue weighted by molar-refractivity contribution is 5.98. The summed E-state index contributed by atoms with van der Waals surface area (Å²) in [5.41, 5.74) is 2.68. The molecule has 0 radical (unpaired) electrons. The number of nitrogens with one attached hydrogen (secondary N) is 2. The van der Waals surface area contributed by atoms with Crippen LogP contribution in [0.25, 0.3) is 10.9 Å². The maximum Gasteiger partial charge on any atom is 0.268 e. The van der Waals surface area contributed by atoms with Crippen LogP contribution in [0.15, 0.2) is 42.6 Å². The lowest BCUT2D eigenvalue weighted by Crippen LogP contribution is -2.37. The van der Waals surface area contributed by atoms with Gasteiger partial charge in [0.05, 0.1) is 0 Å². The number of hydrogen-bond donors (Lipinski definition) is 2. The number of aromatic nitrogens is 3. The molecule has 2 aliphatic heterocycles. The minimum absolute atomic E-state index is 0.0649. The van der Waals surface area contributed by atoms with Crippen molar-refractivity contribution < 1.29 is 9.53 Å². The van der Waals surface area contributed by atoms with Crippen LogP contribution in [0.3, 0.4) is 0 Å². The summed E-state index contributed by atoms with van der Waals surface area (Å²) in [6, 6.07) is 11.9. The van der Waals surface area contributed by atoms with Gasteiger partial charge in [0.2, 0.25) is 5.95 Å². The number of benzene rings is 1. The van der Waals surface area contributed by atoms with Crippen LogP contribution in [-0.2, 0) is 4.74 Å². The number of hydrogen-bond acceptors (Lipinski definition) is 5. The second-order valence-corrected chi connectivity index (χ2v) is 7.84. The normalized spacial score (nSPS) is 20.3. The zero-order valence-corrected chi connectivity index (χ0v) is 16.3. The lowest BCUT2D eigenvalue weighted by Gasteiger charge is -2.23. The van der Waals surface area contributed by atoms with E-state index in [1.54, 1.807) is 0 Å². The van der Waals surface area contributed by atoms with E-state index in [-0.39, 0.29) is 11.9 Å². The van der Waals surface area contributed by atoms with Crippen LogP contribution in [0.1, 0.15) is 41.4 Å². The van der Waals surface area contributed by atoms with Gasteiger partial charge in [0, 0.05) is 61.1 Å². The molecule has 1 amide bonds. The van der Waals surface area contributed by atoms with Crippen molar-refractivity contribution >= 4 is 22.8 Å². The van der Waals surface area contributed by atoms with Gasteiger partial charge >= 0.3 is 0 Å². The number of carbonyl (C=O) groups is 1. The summed E-state index contributed by atoms with van der Waals surface area (Å²) in [5, 5.41) is 4.20. The van der Waals surface area contributed by atoms with Gasteiger partial charge < -0.3 is 19.9 Å². The second kappa shape index (κ2) is 7.83. The fraction of sp³-hybridized carbons (Fsp3) is 0.409. The molecule has 7 nitrogen and oxygen atoms in total. The number of para-hydroxylation sites is 1. The average Bonchev–Trinajstić information content (AvgIpc) is 3.41. The van der Waals surface area contributed by atoms with E-state index in [9.17, 15) is 4.79 Å². The molecule has 0 aliphatic carbocycles. The van der Waals surface area contributed by atoms with E-state index in [0.29, 0.717) is 11.6 Å². The molecule has 150 valence electrons. The SMILES string of the molecule is O=C(NC1CCN(c2nccc(C3CCOCC3)n2)C1)c1cc2ccccc2[nH]1. The van der Waals surface area contributed by atoms with Crippen molar-refractivity contribution in [2.24, 2.45) is 0 Å². The van der Waals surface area contributed by atoms with Gasteiger partial charge in [0.15, 0.2) is 0 Å². The smallest absolute Gasteiger partial charge is 0.268 e. The Hall–Kier alpha value is -2.93. The molecule has 7 heteroatoms. The molecule has 0 saturated carbocycles. The Bertz CT molecular complexity index is 978. The van der Waals surface area contributed by atoms with E-state index >= 15 is 0 Å². The number of nitrogens with zero attached hydrogens (tertiary/aromatic N) is 3. The van der Waals surface area contributed by atoms with Crippen molar-refractivity contribution in [2.45, 2.75) is 31.2 Å². The first-order valence-electron chi connectivity index (χ1n) is 10.3. The first-order valence-corrected chi connectivity index (χ1v) is 10.3. The third-order valence-corrected chi connectivity index (χ3v) is 5.88. The maximum absolute atomic E-state index is 12.7. The van der Waals surface area contributed by atoms with Crippen LogP contribution in [0, 0.1) is 0 Å². The first kappa shape index (κ1) is 18.1. The highest BCUT2D eigenvalue weighted by Gasteiger charge is 2.27. The van der Waals surface area contributed by atoms with Crippen LogP contribution < -0.4 is 10.2 Å². The number of H-pyrrole nitrogens is 1. The molecule has 3 aromatic rings. The summed E-state index contributed by atoms with van der Waals surface area (Å²) in [6.07, 6.45) is 4.76. The van der Waals surface area contributed by atoms with E-state index in [2.05, 4.69) is 20.2 Å². The molecule has 0 bridgehead atoms. The lowest BCUT2D eigenvalue weighted by molar-refractivity contribution is 0.0845. The summed E-state index contributed by atoms with van der Waals surface area (Å²) < 4.78 is 5.46. The molecule has 4 heterocycles. The van der Waals surface area contributed by atoms with Crippen molar-refractivity contribution in [3.05, 3.63) is 54.0 Å². The summed E-state index contributed by atoms with van der Waals surface area (Å²) in [6.45, 7) is 3.17. The van der Waals surface area contributed by atoms with Gasteiger partial charge in [-0.05, 0) is 37.5 Å². The highest BCUT2D eigenvalue weighted by Crippen LogP contribution is 2.27. The van der Waals surface area contributed by atoms with Crippen LogP contribution in [0.4, 0.5) is 5.95 Å². The number of ether oxygens (including phenoxy) is 1. The molecule has 2 aliphatic rings. The van der Waals surface area contributed by atoms with E-state index in [1.807, 2.05) is 42.6 Å². The zero-order valence-electron chi connectivity index (χ0n) is 16.3. The number of carbonyl (C=O) groups excluding carboxylic acids is 1. The Balaban J connectivity index is 1.23. The van der Waals surface area contributed by atoms with Gasteiger partial charge in [0.25, 0.3) is 5.91 Å². The van der Waals surface area contributed by atoms with Crippen molar-refractivity contribution in [3.63, 3.8) is 0 Å². The number of amides is 1. The second-order valence-electron chi connectivity index (χ2n) is 7.84. The molecule has 5 rings (SSSR count). The third-order valence-electron chi connectivity index (χ3n) is 5.88. The highest BCUT2D eigenvalue weighted by atomic mass is 16.5. The van der Waals surface area contributed by atoms with E-state index < -0.39 is 0 Å². The quantitative estimate of drug-likeness (QED) is 0.715. The number of fused-ring (bicyclic) bond motifs is 1. The molecule has 2 fully saturated rings. The Kier molecular flexibility index (Phi) is 4.89. The summed E-state index contributed by atoms with van der Waals surface area (Å²) in [4.78, 5) is 27.3. The number of aromatic amines is 1. The van der Waals surface area contributed by atoms with Gasteiger partial charge in [-0.2, -0.15) is 0 Å². The van der Waals surface area contributed by atoms with E-state index in [0.717, 1.165) is 68.1 Å².